The molecule has 0 bridgehead atoms. The zero-order chi connectivity index (χ0) is 12.7. The van der Waals surface area contributed by atoms with Crippen LogP contribution in [0.1, 0.15) is 33.0 Å². The SMILES string of the molecule is CCn1ccnc1CNCCC(=O)NC(C)C. The lowest BCUT2D eigenvalue weighted by atomic mass is 10.3. The van der Waals surface area contributed by atoms with E-state index in [2.05, 4.69) is 27.1 Å². The van der Waals surface area contributed by atoms with E-state index in [1.54, 1.807) is 6.20 Å². The first-order valence-corrected chi connectivity index (χ1v) is 6.13. The minimum Gasteiger partial charge on any atom is -0.354 e. The molecule has 0 aromatic carbocycles. The lowest BCUT2D eigenvalue weighted by molar-refractivity contribution is -0.121. The molecule has 96 valence electrons. The van der Waals surface area contributed by atoms with Crippen molar-refractivity contribution in [1.29, 1.82) is 0 Å². The number of carbonyl (C=O) groups is 1. The summed E-state index contributed by atoms with van der Waals surface area (Å²) in [5.41, 5.74) is 0. The van der Waals surface area contributed by atoms with Crippen molar-refractivity contribution >= 4 is 5.91 Å². The highest BCUT2D eigenvalue weighted by Gasteiger charge is 2.03. The van der Waals surface area contributed by atoms with E-state index < -0.39 is 0 Å². The van der Waals surface area contributed by atoms with Gasteiger partial charge in [0, 0.05) is 37.9 Å². The van der Waals surface area contributed by atoms with Crippen LogP contribution in [-0.2, 0) is 17.9 Å². The minimum absolute atomic E-state index is 0.0892. The summed E-state index contributed by atoms with van der Waals surface area (Å²) in [4.78, 5) is 15.6. The van der Waals surface area contributed by atoms with Gasteiger partial charge in [-0.15, -0.1) is 0 Å². The van der Waals surface area contributed by atoms with E-state index >= 15 is 0 Å². The first-order valence-electron chi connectivity index (χ1n) is 6.13. The summed E-state index contributed by atoms with van der Waals surface area (Å²) in [5.74, 6) is 1.10. The Hall–Kier alpha value is -1.36. The van der Waals surface area contributed by atoms with Crippen LogP contribution in [0, 0.1) is 0 Å². The van der Waals surface area contributed by atoms with Gasteiger partial charge in [0.2, 0.25) is 5.91 Å². The van der Waals surface area contributed by atoms with Gasteiger partial charge in [-0.25, -0.2) is 4.98 Å². The second-order valence-corrected chi connectivity index (χ2v) is 4.28. The van der Waals surface area contributed by atoms with Crippen LogP contribution in [0.3, 0.4) is 0 Å². The van der Waals surface area contributed by atoms with Gasteiger partial charge in [0.15, 0.2) is 0 Å². The van der Waals surface area contributed by atoms with Gasteiger partial charge in [-0.05, 0) is 20.8 Å². The molecule has 0 radical (unpaired) electrons. The molecule has 1 heterocycles. The summed E-state index contributed by atoms with van der Waals surface area (Å²) in [6.07, 6.45) is 4.26. The smallest absolute Gasteiger partial charge is 0.221 e. The fourth-order valence-corrected chi connectivity index (χ4v) is 1.59. The van der Waals surface area contributed by atoms with Gasteiger partial charge in [0.05, 0.1) is 6.54 Å². The summed E-state index contributed by atoms with van der Waals surface area (Å²) in [5, 5.41) is 6.08. The van der Waals surface area contributed by atoms with Gasteiger partial charge in [0.25, 0.3) is 0 Å². The number of nitrogens with one attached hydrogen (secondary N) is 2. The van der Waals surface area contributed by atoms with E-state index in [1.165, 1.54) is 0 Å². The van der Waals surface area contributed by atoms with Crippen LogP contribution in [0.25, 0.3) is 0 Å². The molecular weight excluding hydrogens is 216 g/mol. The topological polar surface area (TPSA) is 59.0 Å². The molecule has 0 spiro atoms. The lowest BCUT2D eigenvalue weighted by Crippen LogP contribution is -2.32. The van der Waals surface area contributed by atoms with Gasteiger partial charge in [-0.1, -0.05) is 0 Å². The van der Waals surface area contributed by atoms with Crippen LogP contribution < -0.4 is 10.6 Å². The molecule has 0 fully saturated rings. The van der Waals surface area contributed by atoms with E-state index in [4.69, 9.17) is 0 Å². The zero-order valence-electron chi connectivity index (χ0n) is 10.9. The van der Waals surface area contributed by atoms with E-state index in [0.29, 0.717) is 19.5 Å². The van der Waals surface area contributed by atoms with Gasteiger partial charge >= 0.3 is 0 Å². The quantitative estimate of drug-likeness (QED) is 0.694. The molecule has 1 amide bonds. The number of aryl methyl sites for hydroxylation is 1. The van der Waals surface area contributed by atoms with Gasteiger partial charge < -0.3 is 15.2 Å². The maximum absolute atomic E-state index is 11.4. The molecule has 0 aliphatic rings. The highest BCUT2D eigenvalue weighted by molar-refractivity contribution is 5.76. The molecule has 0 saturated carbocycles. The number of aromatic nitrogens is 2. The van der Waals surface area contributed by atoms with Crippen molar-refractivity contribution in [2.24, 2.45) is 0 Å². The third kappa shape index (κ3) is 4.99. The second kappa shape index (κ2) is 7.06. The Morgan fingerprint density at radius 1 is 1.53 bits per heavy atom. The van der Waals surface area contributed by atoms with E-state index in [9.17, 15) is 4.79 Å². The molecule has 0 unspecified atom stereocenters. The van der Waals surface area contributed by atoms with Crippen LogP contribution in [0.2, 0.25) is 0 Å². The van der Waals surface area contributed by atoms with Crippen molar-refractivity contribution in [3.63, 3.8) is 0 Å². The van der Waals surface area contributed by atoms with Crippen LogP contribution in [-0.4, -0.2) is 28.0 Å². The summed E-state index contributed by atoms with van der Waals surface area (Å²) >= 11 is 0. The zero-order valence-corrected chi connectivity index (χ0v) is 10.9. The Kier molecular flexibility index (Phi) is 5.69. The maximum atomic E-state index is 11.4. The first kappa shape index (κ1) is 13.7. The summed E-state index contributed by atoms with van der Waals surface area (Å²) in [6.45, 7) is 8.31. The van der Waals surface area contributed by atoms with Crippen LogP contribution in [0.4, 0.5) is 0 Å². The third-order valence-corrected chi connectivity index (χ3v) is 2.40. The summed E-state index contributed by atoms with van der Waals surface area (Å²) in [7, 11) is 0. The maximum Gasteiger partial charge on any atom is 0.221 e. The number of imidazole rings is 1. The molecule has 1 aromatic heterocycles. The normalized spacial score (nSPS) is 10.8. The van der Waals surface area contributed by atoms with Crippen molar-refractivity contribution in [3.8, 4) is 0 Å². The van der Waals surface area contributed by atoms with Gasteiger partial charge in [0.1, 0.15) is 5.82 Å². The van der Waals surface area contributed by atoms with Gasteiger partial charge in [-0.2, -0.15) is 0 Å². The molecule has 1 aromatic rings. The Bertz CT molecular complexity index is 346. The van der Waals surface area contributed by atoms with Crippen molar-refractivity contribution in [1.82, 2.24) is 20.2 Å². The van der Waals surface area contributed by atoms with Crippen molar-refractivity contribution in [3.05, 3.63) is 18.2 Å². The standard InChI is InChI=1S/C12H22N4O/c1-4-16-8-7-14-11(16)9-13-6-5-12(17)15-10(2)3/h7-8,10,13H,4-6,9H2,1-3H3,(H,15,17). The fraction of sp³-hybridized carbons (Fsp3) is 0.667. The monoisotopic (exact) mass is 238 g/mol. The van der Waals surface area contributed by atoms with Crippen LogP contribution >= 0.6 is 0 Å². The predicted molar refractivity (Wildman–Crippen MR) is 67.5 cm³/mol. The number of hydrogen-bond acceptors (Lipinski definition) is 3. The fourth-order valence-electron chi connectivity index (χ4n) is 1.59. The average Bonchev–Trinajstić information content (AvgIpc) is 2.70. The highest BCUT2D eigenvalue weighted by Crippen LogP contribution is 1.96. The van der Waals surface area contributed by atoms with E-state index in [1.807, 2.05) is 20.0 Å². The third-order valence-electron chi connectivity index (χ3n) is 2.40. The molecule has 5 nitrogen and oxygen atoms in total. The van der Waals surface area contributed by atoms with Crippen molar-refractivity contribution < 1.29 is 4.79 Å². The average molecular weight is 238 g/mol. The number of carbonyl (C=O) groups excluding carboxylic acids is 1. The molecule has 0 aliphatic carbocycles. The Balaban J connectivity index is 2.18. The molecule has 0 aliphatic heterocycles. The number of amides is 1. The summed E-state index contributed by atoms with van der Waals surface area (Å²) in [6, 6.07) is 0.210. The van der Waals surface area contributed by atoms with Crippen molar-refractivity contribution in [2.75, 3.05) is 6.54 Å². The Labute approximate surface area is 103 Å². The van der Waals surface area contributed by atoms with E-state index in [-0.39, 0.29) is 11.9 Å². The molecule has 1 rings (SSSR count). The van der Waals surface area contributed by atoms with E-state index in [0.717, 1.165) is 12.4 Å². The second-order valence-electron chi connectivity index (χ2n) is 4.28. The van der Waals surface area contributed by atoms with Crippen molar-refractivity contribution in [2.45, 2.75) is 46.3 Å². The Morgan fingerprint density at radius 3 is 2.94 bits per heavy atom. The predicted octanol–water partition coefficient (Wildman–Crippen LogP) is 0.907. The molecule has 0 atom stereocenters. The molecular formula is C12H22N4O. The summed E-state index contributed by atoms with van der Waals surface area (Å²) < 4.78 is 2.08. The highest BCUT2D eigenvalue weighted by atomic mass is 16.1. The van der Waals surface area contributed by atoms with Crippen LogP contribution in [0.15, 0.2) is 12.4 Å². The number of nitrogens with zero attached hydrogens (tertiary/aromatic N) is 2. The van der Waals surface area contributed by atoms with Crippen LogP contribution in [0.5, 0.6) is 0 Å². The molecule has 0 saturated heterocycles. The molecule has 17 heavy (non-hydrogen) atoms. The minimum atomic E-state index is 0.0892. The van der Waals surface area contributed by atoms with Gasteiger partial charge in [-0.3, -0.25) is 4.79 Å². The molecule has 2 N–H and O–H groups in total. The molecule has 5 heteroatoms. The number of rotatable bonds is 7. The lowest BCUT2D eigenvalue weighted by Gasteiger charge is -2.09. The largest absolute Gasteiger partial charge is 0.354 e. The number of hydrogen-bond donors (Lipinski definition) is 2. The first-order chi connectivity index (χ1) is 8.13. The Morgan fingerprint density at radius 2 is 2.29 bits per heavy atom.